The van der Waals surface area contributed by atoms with E-state index in [1.54, 1.807) is 96.6 Å². The third-order valence-corrected chi connectivity index (χ3v) is 22.2. The maximum atomic E-state index is 12.9. The SMILES string of the molecule is CC/C=C\C=C(/C)S(=O)(=O)Nc1cc(SC/C(=C\CC)OCC)c(O)c2ccccc12.CCC(=O)CCSc1cc(NS(=O)(=O)c2cccs2)c2ccccc2c1O.O=C(O)CSc1cc(NS(=O)(=O)c2cccs2)c2c(c1O)=CCCC=2. The molecule has 0 saturated carbocycles. The lowest BCUT2D eigenvalue weighted by atomic mass is 10.1. The van der Waals surface area contributed by atoms with Gasteiger partial charge in [-0.15, -0.1) is 58.0 Å². The van der Waals surface area contributed by atoms with E-state index >= 15 is 0 Å². The molecule has 0 aliphatic heterocycles. The van der Waals surface area contributed by atoms with Gasteiger partial charge in [-0.3, -0.25) is 23.8 Å². The van der Waals surface area contributed by atoms with Crippen LogP contribution in [0.3, 0.4) is 0 Å². The maximum Gasteiger partial charge on any atom is 0.313 e. The molecule has 0 amide bonds. The average molecular weight is 1280 g/mol. The first-order valence-corrected chi connectivity index (χ1v) is 35.3. The van der Waals surface area contributed by atoms with E-state index in [0.29, 0.717) is 94.7 Å². The molecule has 7 N–H and O–H groups in total. The predicted octanol–water partition coefficient (Wildman–Crippen LogP) is 13.2. The number of nitrogens with one attached hydrogen (secondary N) is 3. The molecular weight excluding hydrogens is 1220 g/mol. The summed E-state index contributed by atoms with van der Waals surface area (Å²) in [5, 5.41) is 47.6. The largest absolute Gasteiger partial charge is 0.506 e. The van der Waals surface area contributed by atoms with E-state index in [0.717, 1.165) is 65.9 Å². The number of benzene rings is 5. The van der Waals surface area contributed by atoms with Crippen molar-refractivity contribution < 1.29 is 60.0 Å². The Morgan fingerprint density at radius 2 is 1.13 bits per heavy atom. The van der Waals surface area contributed by atoms with Gasteiger partial charge in [-0.05, 0) is 92.8 Å². The highest BCUT2D eigenvalue weighted by atomic mass is 32.3. The molecule has 5 aromatic carbocycles. The van der Waals surface area contributed by atoms with Crippen molar-refractivity contribution in [3.63, 3.8) is 0 Å². The highest BCUT2D eigenvalue weighted by molar-refractivity contribution is 8.00. The van der Waals surface area contributed by atoms with Crippen molar-refractivity contribution in [1.82, 2.24) is 0 Å². The number of phenols is 3. The summed E-state index contributed by atoms with van der Waals surface area (Å²) in [6.45, 7) is 9.90. The van der Waals surface area contributed by atoms with Crippen LogP contribution >= 0.6 is 58.0 Å². The van der Waals surface area contributed by atoms with Crippen molar-refractivity contribution in [3.8, 4) is 17.2 Å². The number of ketones is 1. The first-order valence-electron chi connectivity index (χ1n) is 26.1. The van der Waals surface area contributed by atoms with Crippen LogP contribution in [0.25, 0.3) is 33.7 Å². The summed E-state index contributed by atoms with van der Waals surface area (Å²) in [6.07, 6.45) is 14.9. The van der Waals surface area contributed by atoms with Crippen LogP contribution < -0.4 is 24.6 Å². The Kier molecular flexibility index (Phi) is 24.5. The number of thioether (sulfide) groups is 3. The minimum absolute atomic E-state index is 0.0173. The van der Waals surface area contributed by atoms with E-state index in [4.69, 9.17) is 9.84 Å². The third-order valence-electron chi connectivity index (χ3n) is 12.1. The summed E-state index contributed by atoms with van der Waals surface area (Å²) < 4.78 is 90.0. The Hall–Kier alpha value is -6.38. The highest BCUT2D eigenvalue weighted by Crippen LogP contribution is 2.43. The molecule has 0 spiro atoms. The normalized spacial score (nSPS) is 12.7. The number of carboxylic acids is 1. The van der Waals surface area contributed by atoms with Crippen LogP contribution in [0.5, 0.6) is 17.2 Å². The summed E-state index contributed by atoms with van der Waals surface area (Å²) in [5.74, 6) is 1.03. The van der Waals surface area contributed by atoms with Gasteiger partial charge in [0.2, 0.25) is 0 Å². The van der Waals surface area contributed by atoms with Crippen LogP contribution in [0.1, 0.15) is 73.1 Å². The van der Waals surface area contributed by atoms with Gasteiger partial charge in [0.1, 0.15) is 37.2 Å². The van der Waals surface area contributed by atoms with Gasteiger partial charge in [-0.1, -0.05) is 106 Å². The molecule has 0 radical (unpaired) electrons. The fourth-order valence-corrected chi connectivity index (χ4v) is 15.7. The Morgan fingerprint density at radius 3 is 1.65 bits per heavy atom. The van der Waals surface area contributed by atoms with Gasteiger partial charge in [-0.2, -0.15) is 0 Å². The number of anilines is 3. The molecule has 2 aromatic heterocycles. The van der Waals surface area contributed by atoms with Gasteiger partial charge in [-0.25, -0.2) is 25.3 Å². The minimum atomic E-state index is -3.74. The number of Topliss-reactive ketones (excluding diaryl/α,β-unsaturated/α-hetero) is 1. The first kappa shape index (κ1) is 65.8. The first-order chi connectivity index (χ1) is 39.6. The number of allylic oxidation sites excluding steroid dienone is 5. The number of hydrogen-bond acceptors (Lipinski definition) is 17. The predicted molar refractivity (Wildman–Crippen MR) is 342 cm³/mol. The van der Waals surface area contributed by atoms with Gasteiger partial charge in [0.05, 0.1) is 54.8 Å². The van der Waals surface area contributed by atoms with Crippen LogP contribution in [-0.4, -0.2) is 81.3 Å². The number of carbonyl (C=O) groups is 2. The van der Waals surface area contributed by atoms with Crippen molar-refractivity contribution in [1.29, 1.82) is 0 Å². The van der Waals surface area contributed by atoms with Crippen molar-refractivity contribution >= 4 is 151 Å². The van der Waals surface area contributed by atoms with E-state index in [9.17, 15) is 50.2 Å². The topological polar surface area (TPSA) is 263 Å². The number of fused-ring (bicyclic) bond motifs is 3. The second-order valence-corrected chi connectivity index (χ2v) is 28.7. The van der Waals surface area contributed by atoms with Gasteiger partial charge in [0, 0.05) is 50.6 Å². The number of rotatable bonds is 25. The number of carbonyl (C=O) groups excluding carboxylic acids is 1. The maximum absolute atomic E-state index is 12.9. The molecular formula is C59H65N3O13S8. The lowest BCUT2D eigenvalue weighted by molar-refractivity contribution is -0.134. The Balaban J connectivity index is 0.000000201. The van der Waals surface area contributed by atoms with Gasteiger partial charge in [0.15, 0.2) is 0 Å². The summed E-state index contributed by atoms with van der Waals surface area (Å²) in [4.78, 5) is 24.0. The molecule has 7 aromatic rings. The van der Waals surface area contributed by atoms with Gasteiger partial charge < -0.3 is 25.2 Å². The van der Waals surface area contributed by atoms with Crippen LogP contribution in [0.15, 0.2) is 160 Å². The number of sulfonamides is 3. The molecule has 1 aliphatic carbocycles. The Bertz CT molecular complexity index is 4000. The summed E-state index contributed by atoms with van der Waals surface area (Å²) in [6, 6.07) is 25.5. The lowest BCUT2D eigenvalue weighted by Crippen LogP contribution is -2.32. The number of aromatic hydroxyl groups is 3. The van der Waals surface area contributed by atoms with E-state index in [1.807, 2.05) is 64.1 Å². The number of aliphatic carboxylic acids is 1. The third kappa shape index (κ3) is 18.1. The number of phenolic OH excluding ortho intramolecular Hbond substituents is 3. The molecule has 442 valence electrons. The zero-order valence-electron chi connectivity index (χ0n) is 46.1. The van der Waals surface area contributed by atoms with E-state index in [2.05, 4.69) is 14.2 Å². The molecule has 8 rings (SSSR count). The molecule has 0 bridgehead atoms. The number of thiophene rings is 2. The van der Waals surface area contributed by atoms with Gasteiger partial charge >= 0.3 is 5.97 Å². The fourth-order valence-electron chi connectivity index (χ4n) is 8.01. The van der Waals surface area contributed by atoms with Crippen LogP contribution in [0, 0.1) is 0 Å². The number of carboxylic acid groups (broad SMARTS) is 1. The van der Waals surface area contributed by atoms with Crippen molar-refractivity contribution in [2.75, 3.05) is 38.0 Å². The van der Waals surface area contributed by atoms with E-state index < -0.39 is 36.0 Å². The Labute approximate surface area is 505 Å². The number of ether oxygens (including phenoxy) is 1. The Morgan fingerprint density at radius 1 is 0.627 bits per heavy atom. The van der Waals surface area contributed by atoms with Crippen LogP contribution in [0.4, 0.5) is 17.1 Å². The van der Waals surface area contributed by atoms with Crippen molar-refractivity contribution in [2.24, 2.45) is 0 Å². The smallest absolute Gasteiger partial charge is 0.313 e. The van der Waals surface area contributed by atoms with Gasteiger partial charge in [0.25, 0.3) is 30.1 Å². The van der Waals surface area contributed by atoms with Crippen LogP contribution in [0.2, 0.25) is 0 Å². The molecule has 1 aliphatic rings. The molecule has 0 atom stereocenters. The molecule has 0 fully saturated rings. The molecule has 83 heavy (non-hydrogen) atoms. The second-order valence-electron chi connectivity index (χ2n) is 18.0. The van der Waals surface area contributed by atoms with Crippen LogP contribution in [-0.2, 0) is 44.4 Å². The summed E-state index contributed by atoms with van der Waals surface area (Å²) in [5.41, 5.74) is 1.17. The molecule has 0 unspecified atom stereocenters. The number of hydrogen-bond donors (Lipinski definition) is 7. The molecule has 24 heteroatoms. The summed E-state index contributed by atoms with van der Waals surface area (Å²) >= 11 is 5.95. The van der Waals surface area contributed by atoms with E-state index in [-0.39, 0.29) is 42.1 Å². The zero-order valence-corrected chi connectivity index (χ0v) is 52.6. The zero-order chi connectivity index (χ0) is 60.3. The van der Waals surface area contributed by atoms with Crippen molar-refractivity contribution in [3.05, 3.63) is 147 Å². The summed E-state index contributed by atoms with van der Waals surface area (Å²) in [7, 11) is -11.2. The second kappa shape index (κ2) is 31.0. The van der Waals surface area contributed by atoms with E-state index in [1.165, 1.54) is 35.7 Å². The van der Waals surface area contributed by atoms with Crippen molar-refractivity contribution in [2.45, 2.75) is 96.2 Å². The quantitative estimate of drug-likeness (QED) is 0.0121. The standard InChI is InChI=1S/C24H31NO4S2.C19H19NO4S3.C16H15NO5S3/c1-5-8-9-13-18(4)31(27,28)25-22-16-23(30-17-19(12-6-2)29-7-3)24(26)21-15-11-10-14-20(21)22;1-2-13(21)9-11-25-17-12-16(14-6-3-4-7-15(14)19(17)22)20-27(23,24)18-8-5-10-26-18;18-14(19)9-24-13-8-12(10-4-1-2-5-11(10)16(13)20)17-25(21,22)15-6-3-7-23-15/h8-16,25-26H,5-7,17H2,1-4H3;3-8,10,12,20,22H,2,9,11H2,1H3;3-8,17,20H,1-2,9H2,(H,18,19)/b9-8-,18-13+,19-12+;;. The molecule has 0 saturated heterocycles. The molecule has 2 heterocycles. The highest BCUT2D eigenvalue weighted by Gasteiger charge is 2.23. The average Bonchev–Trinajstić information content (AvgIpc) is 4.32. The lowest BCUT2D eigenvalue weighted by Gasteiger charge is -2.15. The molecule has 16 nitrogen and oxygen atoms in total. The fraction of sp³-hybridized carbons (Fsp3) is 0.254. The monoisotopic (exact) mass is 1280 g/mol. The minimum Gasteiger partial charge on any atom is -0.506 e.